The molecule has 0 aromatic heterocycles. The van der Waals surface area contributed by atoms with Crippen LogP contribution in [0.1, 0.15) is 16.7 Å². The van der Waals surface area contributed by atoms with E-state index in [0.717, 1.165) is 11.1 Å². The van der Waals surface area contributed by atoms with Gasteiger partial charge in [-0.2, -0.15) is 8.78 Å². The van der Waals surface area contributed by atoms with E-state index in [1.165, 1.54) is 6.07 Å². The number of halogens is 2. The molecule has 2 aromatic rings. The summed E-state index contributed by atoms with van der Waals surface area (Å²) in [5.41, 5.74) is 3.20. The monoisotopic (exact) mass is 433 g/mol. The van der Waals surface area contributed by atoms with Crippen LogP contribution in [0.2, 0.25) is 0 Å². The molecule has 0 spiro atoms. The molecule has 0 saturated carbocycles. The fourth-order valence-electron chi connectivity index (χ4n) is 2.89. The van der Waals surface area contributed by atoms with Crippen molar-refractivity contribution in [2.45, 2.75) is 26.6 Å². The Hall–Kier alpha value is -3.20. The van der Waals surface area contributed by atoms with Gasteiger partial charge in [0.05, 0.1) is 6.54 Å². The second kappa shape index (κ2) is 11.8. The Bertz CT molecular complexity index is 903. The number of anilines is 1. The number of nitrogens with zero attached hydrogens (tertiary/aromatic N) is 2. The minimum absolute atomic E-state index is 0.0902. The van der Waals surface area contributed by atoms with Gasteiger partial charge in [-0.25, -0.2) is 0 Å². The third-order valence-electron chi connectivity index (χ3n) is 4.23. The molecule has 0 heterocycles. The number of ether oxygens (including phenoxy) is 1. The van der Waals surface area contributed by atoms with Gasteiger partial charge >= 0.3 is 6.61 Å². The molecule has 31 heavy (non-hydrogen) atoms. The van der Waals surface area contributed by atoms with Crippen molar-refractivity contribution < 1.29 is 18.3 Å². The fraction of sp³-hybridized carbons (Fsp3) is 0.364. The summed E-state index contributed by atoms with van der Waals surface area (Å²) >= 11 is 0. The molecule has 0 fully saturated rings. The van der Waals surface area contributed by atoms with Gasteiger partial charge in [-0.3, -0.25) is 9.79 Å². The molecule has 0 bridgehead atoms. The van der Waals surface area contributed by atoms with Crippen molar-refractivity contribution in [3.05, 3.63) is 59.2 Å². The van der Waals surface area contributed by atoms with E-state index in [2.05, 4.69) is 25.7 Å². The zero-order valence-electron chi connectivity index (χ0n) is 18.2. The number of nitrogens with one attached hydrogen (secondary N) is 3. The molecule has 168 valence electrons. The molecule has 1 amide bonds. The molecule has 9 heteroatoms. The van der Waals surface area contributed by atoms with Crippen molar-refractivity contribution in [2.24, 2.45) is 4.99 Å². The maximum atomic E-state index is 12.6. The Morgan fingerprint density at radius 3 is 2.55 bits per heavy atom. The number of aryl methyl sites for hydroxylation is 1. The molecule has 0 radical (unpaired) electrons. The van der Waals surface area contributed by atoms with E-state index in [-0.39, 0.29) is 18.2 Å². The van der Waals surface area contributed by atoms with Crippen molar-refractivity contribution in [2.75, 3.05) is 33.0 Å². The van der Waals surface area contributed by atoms with Crippen LogP contribution in [-0.4, -0.2) is 51.1 Å². The standard InChI is InChI=1S/C22H29F2N5O2/c1-15-8-9-19(31-21(23)24)17(10-15)13-27-22(25-2)26-12-16-6-5-7-18(11-16)28-20(30)14-29(3)4/h5-11,21H,12-14H2,1-4H3,(H,28,30)(H2,25,26,27). The number of hydrogen-bond acceptors (Lipinski definition) is 4. The van der Waals surface area contributed by atoms with Gasteiger partial charge in [0.15, 0.2) is 5.96 Å². The maximum Gasteiger partial charge on any atom is 0.387 e. The Morgan fingerprint density at radius 2 is 1.87 bits per heavy atom. The van der Waals surface area contributed by atoms with E-state index in [9.17, 15) is 13.6 Å². The predicted octanol–water partition coefficient (Wildman–Crippen LogP) is 2.96. The molecule has 2 aromatic carbocycles. The van der Waals surface area contributed by atoms with Gasteiger partial charge in [-0.05, 0) is 44.8 Å². The molecule has 2 rings (SSSR count). The quantitative estimate of drug-likeness (QED) is 0.419. The number of alkyl halides is 2. The number of benzene rings is 2. The van der Waals surface area contributed by atoms with Gasteiger partial charge in [-0.1, -0.05) is 29.8 Å². The summed E-state index contributed by atoms with van der Waals surface area (Å²) in [5, 5.41) is 9.14. The number of rotatable bonds is 9. The zero-order chi connectivity index (χ0) is 22.8. The second-order valence-corrected chi connectivity index (χ2v) is 7.26. The molecule has 0 aliphatic rings. The third-order valence-corrected chi connectivity index (χ3v) is 4.23. The lowest BCUT2D eigenvalue weighted by Crippen LogP contribution is -2.36. The van der Waals surface area contributed by atoms with E-state index in [4.69, 9.17) is 0 Å². The summed E-state index contributed by atoms with van der Waals surface area (Å²) in [6.45, 7) is 0.0295. The minimum Gasteiger partial charge on any atom is -0.434 e. The number of likely N-dealkylation sites (N-methyl/N-ethyl adjacent to an activating group) is 1. The Morgan fingerprint density at radius 1 is 1.13 bits per heavy atom. The van der Waals surface area contributed by atoms with Crippen molar-refractivity contribution in [1.82, 2.24) is 15.5 Å². The lowest BCUT2D eigenvalue weighted by molar-refractivity contribution is -0.116. The lowest BCUT2D eigenvalue weighted by Gasteiger charge is -2.15. The topological polar surface area (TPSA) is 78.0 Å². The summed E-state index contributed by atoms with van der Waals surface area (Å²) in [4.78, 5) is 17.9. The molecule has 0 aliphatic carbocycles. The van der Waals surface area contributed by atoms with E-state index in [1.54, 1.807) is 24.1 Å². The van der Waals surface area contributed by atoms with E-state index in [0.29, 0.717) is 30.3 Å². The Balaban J connectivity index is 1.94. The second-order valence-electron chi connectivity index (χ2n) is 7.26. The first-order valence-electron chi connectivity index (χ1n) is 9.79. The van der Waals surface area contributed by atoms with Gasteiger partial charge in [0.25, 0.3) is 0 Å². The van der Waals surface area contributed by atoms with Crippen LogP contribution in [0.15, 0.2) is 47.5 Å². The molecule has 3 N–H and O–H groups in total. The summed E-state index contributed by atoms with van der Waals surface area (Å²) in [7, 11) is 5.29. The lowest BCUT2D eigenvalue weighted by atomic mass is 10.1. The summed E-state index contributed by atoms with van der Waals surface area (Å²) in [6.07, 6.45) is 0. The average Bonchev–Trinajstić information content (AvgIpc) is 2.69. The maximum absolute atomic E-state index is 12.6. The van der Waals surface area contributed by atoms with Crippen LogP contribution in [0.5, 0.6) is 5.75 Å². The first kappa shape index (κ1) is 24.1. The van der Waals surface area contributed by atoms with Gasteiger partial charge < -0.3 is 25.6 Å². The van der Waals surface area contributed by atoms with Crippen LogP contribution in [-0.2, 0) is 17.9 Å². The van der Waals surface area contributed by atoms with Crippen molar-refractivity contribution >= 4 is 17.6 Å². The van der Waals surface area contributed by atoms with E-state index < -0.39 is 6.61 Å². The number of hydrogen-bond donors (Lipinski definition) is 3. The Labute approximate surface area is 181 Å². The predicted molar refractivity (Wildman–Crippen MR) is 118 cm³/mol. The number of carbonyl (C=O) groups excluding carboxylic acids is 1. The van der Waals surface area contributed by atoms with Gasteiger partial charge in [0, 0.05) is 31.4 Å². The van der Waals surface area contributed by atoms with E-state index in [1.807, 2.05) is 45.3 Å². The van der Waals surface area contributed by atoms with Crippen molar-refractivity contribution in [3.63, 3.8) is 0 Å². The highest BCUT2D eigenvalue weighted by Gasteiger charge is 2.11. The zero-order valence-corrected chi connectivity index (χ0v) is 18.2. The highest BCUT2D eigenvalue weighted by Crippen LogP contribution is 2.22. The summed E-state index contributed by atoms with van der Waals surface area (Å²) in [6, 6.07) is 12.5. The average molecular weight is 434 g/mol. The van der Waals surface area contributed by atoms with E-state index >= 15 is 0 Å². The smallest absolute Gasteiger partial charge is 0.387 e. The molecule has 0 aliphatic heterocycles. The van der Waals surface area contributed by atoms with Crippen LogP contribution in [0.3, 0.4) is 0 Å². The highest BCUT2D eigenvalue weighted by molar-refractivity contribution is 5.92. The van der Waals surface area contributed by atoms with Crippen LogP contribution in [0, 0.1) is 6.92 Å². The Kier molecular flexibility index (Phi) is 9.20. The minimum atomic E-state index is -2.88. The first-order valence-corrected chi connectivity index (χ1v) is 9.79. The van der Waals surface area contributed by atoms with Gasteiger partial charge in [0.2, 0.25) is 5.91 Å². The molecular formula is C22H29F2N5O2. The molecule has 0 unspecified atom stereocenters. The number of aliphatic imine (C=N–C) groups is 1. The summed E-state index contributed by atoms with van der Waals surface area (Å²) < 4.78 is 29.9. The SMILES string of the molecule is CN=C(NCc1cccc(NC(=O)CN(C)C)c1)NCc1cc(C)ccc1OC(F)F. The molecule has 7 nitrogen and oxygen atoms in total. The van der Waals surface area contributed by atoms with Crippen LogP contribution < -0.4 is 20.7 Å². The van der Waals surface area contributed by atoms with Crippen molar-refractivity contribution in [1.29, 1.82) is 0 Å². The fourth-order valence-corrected chi connectivity index (χ4v) is 2.89. The van der Waals surface area contributed by atoms with Crippen LogP contribution >= 0.6 is 0 Å². The van der Waals surface area contributed by atoms with Crippen LogP contribution in [0.4, 0.5) is 14.5 Å². The largest absolute Gasteiger partial charge is 0.434 e. The number of amides is 1. The first-order chi connectivity index (χ1) is 14.8. The molecule has 0 atom stereocenters. The van der Waals surface area contributed by atoms with Crippen LogP contribution in [0.25, 0.3) is 0 Å². The number of carbonyl (C=O) groups is 1. The van der Waals surface area contributed by atoms with Gasteiger partial charge in [-0.15, -0.1) is 0 Å². The van der Waals surface area contributed by atoms with Crippen molar-refractivity contribution in [3.8, 4) is 5.75 Å². The normalized spacial score (nSPS) is 11.5. The van der Waals surface area contributed by atoms with Gasteiger partial charge in [0.1, 0.15) is 5.75 Å². The molecule has 0 saturated heterocycles. The third kappa shape index (κ3) is 8.59. The molecular weight excluding hydrogens is 404 g/mol. The highest BCUT2D eigenvalue weighted by atomic mass is 19.3. The summed E-state index contributed by atoms with van der Waals surface area (Å²) in [5.74, 6) is 0.545. The number of guanidine groups is 1.